The zero-order chi connectivity index (χ0) is 14.2. The van der Waals surface area contributed by atoms with Gasteiger partial charge in [0.25, 0.3) is 0 Å². The molecule has 1 heterocycles. The van der Waals surface area contributed by atoms with Crippen LogP contribution in [0.4, 0.5) is 0 Å². The molecular weight excluding hydrogens is 242 g/mol. The Hall–Kier alpha value is -0.820. The molecule has 1 saturated carbocycles. The summed E-state index contributed by atoms with van der Waals surface area (Å²) in [6, 6.07) is 10.1. The summed E-state index contributed by atoms with van der Waals surface area (Å²) in [7, 11) is 0. The molecule has 0 aromatic heterocycles. The van der Waals surface area contributed by atoms with Gasteiger partial charge in [-0.1, -0.05) is 51.5 Å². The number of rotatable bonds is 3. The lowest BCUT2D eigenvalue weighted by Crippen LogP contribution is -2.27. The van der Waals surface area contributed by atoms with Gasteiger partial charge in [-0.3, -0.25) is 0 Å². The lowest BCUT2D eigenvalue weighted by molar-refractivity contribution is 0.393. The van der Waals surface area contributed by atoms with Crippen molar-refractivity contribution in [2.45, 2.75) is 64.3 Å². The molecule has 1 saturated heterocycles. The molecule has 1 aliphatic heterocycles. The van der Waals surface area contributed by atoms with Gasteiger partial charge in [0.05, 0.1) is 0 Å². The highest BCUT2D eigenvalue weighted by Gasteiger charge is 2.38. The first-order chi connectivity index (χ1) is 9.54. The summed E-state index contributed by atoms with van der Waals surface area (Å²) in [6.07, 6.45) is 6.94. The van der Waals surface area contributed by atoms with Crippen LogP contribution in [0, 0.1) is 11.8 Å². The minimum absolute atomic E-state index is 0.266. The molecule has 0 radical (unpaired) electrons. The summed E-state index contributed by atoms with van der Waals surface area (Å²) in [6.45, 7) is 8.12. The highest BCUT2D eigenvalue weighted by atomic mass is 15.0. The Morgan fingerprint density at radius 2 is 1.85 bits per heavy atom. The maximum atomic E-state index is 3.76. The van der Waals surface area contributed by atoms with E-state index in [1.54, 1.807) is 0 Å². The minimum atomic E-state index is 0.266. The van der Waals surface area contributed by atoms with Gasteiger partial charge in [-0.2, -0.15) is 0 Å². The van der Waals surface area contributed by atoms with Crippen molar-refractivity contribution in [3.63, 3.8) is 0 Å². The molecule has 1 aromatic carbocycles. The molecule has 0 spiro atoms. The quantitative estimate of drug-likeness (QED) is 0.864. The Morgan fingerprint density at radius 1 is 1.10 bits per heavy atom. The van der Waals surface area contributed by atoms with Crippen molar-refractivity contribution in [3.8, 4) is 0 Å². The van der Waals surface area contributed by atoms with Crippen LogP contribution in [0.3, 0.4) is 0 Å². The van der Waals surface area contributed by atoms with Gasteiger partial charge < -0.3 is 5.32 Å². The number of hydrogen-bond acceptors (Lipinski definition) is 1. The van der Waals surface area contributed by atoms with E-state index in [4.69, 9.17) is 0 Å². The van der Waals surface area contributed by atoms with Gasteiger partial charge in [0.1, 0.15) is 0 Å². The van der Waals surface area contributed by atoms with Crippen molar-refractivity contribution in [2.24, 2.45) is 11.8 Å². The second-order valence-corrected chi connectivity index (χ2v) is 7.86. The fourth-order valence-electron chi connectivity index (χ4n) is 4.11. The zero-order valence-electron chi connectivity index (χ0n) is 13.3. The second-order valence-electron chi connectivity index (χ2n) is 7.86. The third kappa shape index (κ3) is 2.93. The molecule has 20 heavy (non-hydrogen) atoms. The highest BCUT2D eigenvalue weighted by molar-refractivity contribution is 5.27. The molecule has 3 unspecified atom stereocenters. The first-order valence-electron chi connectivity index (χ1n) is 8.37. The zero-order valence-corrected chi connectivity index (χ0v) is 13.3. The molecule has 1 heteroatoms. The van der Waals surface area contributed by atoms with E-state index in [1.165, 1.54) is 49.8 Å². The summed E-state index contributed by atoms with van der Waals surface area (Å²) in [5, 5.41) is 3.76. The van der Waals surface area contributed by atoms with E-state index in [9.17, 15) is 0 Å². The molecular formula is C19H29N. The number of nitrogens with one attached hydrogen (secondary N) is 1. The Balaban J connectivity index is 1.56. The average molecular weight is 271 g/mol. The van der Waals surface area contributed by atoms with Crippen molar-refractivity contribution in [2.75, 3.05) is 6.54 Å². The third-order valence-corrected chi connectivity index (χ3v) is 5.44. The molecule has 1 aliphatic carbocycles. The van der Waals surface area contributed by atoms with E-state index in [1.807, 2.05) is 0 Å². The van der Waals surface area contributed by atoms with Crippen LogP contribution in [0.5, 0.6) is 0 Å². The van der Waals surface area contributed by atoms with Crippen LogP contribution < -0.4 is 5.32 Å². The lowest BCUT2D eigenvalue weighted by Gasteiger charge is -2.20. The van der Waals surface area contributed by atoms with E-state index in [2.05, 4.69) is 50.4 Å². The summed E-state index contributed by atoms with van der Waals surface area (Å²) in [5.41, 5.74) is 3.21. The third-order valence-electron chi connectivity index (χ3n) is 5.44. The molecule has 3 rings (SSSR count). The van der Waals surface area contributed by atoms with Gasteiger partial charge in [-0.05, 0) is 60.6 Å². The van der Waals surface area contributed by atoms with Crippen LogP contribution in [0.15, 0.2) is 24.3 Å². The van der Waals surface area contributed by atoms with Gasteiger partial charge in [0, 0.05) is 6.04 Å². The number of aryl methyl sites for hydroxylation is 1. The highest BCUT2D eigenvalue weighted by Crippen LogP contribution is 2.39. The van der Waals surface area contributed by atoms with Crippen LogP contribution in [-0.2, 0) is 11.8 Å². The number of benzene rings is 1. The van der Waals surface area contributed by atoms with Gasteiger partial charge in [0.15, 0.2) is 0 Å². The summed E-state index contributed by atoms with van der Waals surface area (Å²) >= 11 is 0. The Kier molecular flexibility index (Phi) is 3.90. The van der Waals surface area contributed by atoms with Crippen molar-refractivity contribution >= 4 is 0 Å². The van der Waals surface area contributed by atoms with E-state index in [-0.39, 0.29) is 5.41 Å². The molecule has 110 valence electrons. The van der Waals surface area contributed by atoms with Crippen molar-refractivity contribution in [1.82, 2.24) is 5.32 Å². The number of hydrogen-bond donors (Lipinski definition) is 1. The smallest absolute Gasteiger partial charge is 0.0102 e. The fourth-order valence-corrected chi connectivity index (χ4v) is 4.11. The van der Waals surface area contributed by atoms with E-state index >= 15 is 0 Å². The first kappa shape index (κ1) is 14.1. The van der Waals surface area contributed by atoms with E-state index in [0.29, 0.717) is 0 Å². The van der Waals surface area contributed by atoms with Crippen molar-refractivity contribution in [1.29, 1.82) is 0 Å². The minimum Gasteiger partial charge on any atom is -0.313 e. The Labute approximate surface area is 124 Å². The largest absolute Gasteiger partial charge is 0.313 e. The monoisotopic (exact) mass is 271 g/mol. The van der Waals surface area contributed by atoms with Crippen LogP contribution in [-0.4, -0.2) is 12.6 Å². The molecule has 0 amide bonds. The Bertz CT molecular complexity index is 440. The summed E-state index contributed by atoms with van der Waals surface area (Å²) in [4.78, 5) is 0. The number of fused-ring (bicyclic) bond motifs is 1. The summed E-state index contributed by atoms with van der Waals surface area (Å²) < 4.78 is 0. The second kappa shape index (κ2) is 5.52. The van der Waals surface area contributed by atoms with E-state index < -0.39 is 0 Å². The molecule has 1 N–H and O–H groups in total. The van der Waals surface area contributed by atoms with Crippen LogP contribution >= 0.6 is 0 Å². The first-order valence-corrected chi connectivity index (χ1v) is 8.37. The molecule has 0 bridgehead atoms. The van der Waals surface area contributed by atoms with Crippen LogP contribution in [0.25, 0.3) is 0 Å². The lowest BCUT2D eigenvalue weighted by atomic mass is 9.86. The fraction of sp³-hybridized carbons (Fsp3) is 0.684. The van der Waals surface area contributed by atoms with Gasteiger partial charge >= 0.3 is 0 Å². The Morgan fingerprint density at radius 3 is 2.55 bits per heavy atom. The molecule has 1 aromatic rings. The van der Waals surface area contributed by atoms with Gasteiger partial charge in [-0.25, -0.2) is 0 Å². The standard InChI is InChI=1S/C19H29N/c1-19(2,3)16-10-7-14(8-11-16)9-12-18-17-6-4-5-15(17)13-20-18/h7-8,10-11,15,17-18,20H,4-6,9,12-13H2,1-3H3. The van der Waals surface area contributed by atoms with Gasteiger partial charge in [-0.15, -0.1) is 0 Å². The molecule has 2 aliphatic rings. The summed E-state index contributed by atoms with van der Waals surface area (Å²) in [5.74, 6) is 1.96. The molecule has 3 atom stereocenters. The maximum absolute atomic E-state index is 3.76. The van der Waals surface area contributed by atoms with Crippen LogP contribution in [0.1, 0.15) is 57.6 Å². The maximum Gasteiger partial charge on any atom is 0.0102 e. The predicted molar refractivity (Wildman–Crippen MR) is 86.1 cm³/mol. The van der Waals surface area contributed by atoms with Crippen molar-refractivity contribution < 1.29 is 0 Å². The van der Waals surface area contributed by atoms with E-state index in [0.717, 1.165) is 17.9 Å². The topological polar surface area (TPSA) is 12.0 Å². The predicted octanol–water partition coefficient (Wildman–Crippen LogP) is 4.30. The molecule has 2 fully saturated rings. The van der Waals surface area contributed by atoms with Crippen LogP contribution in [0.2, 0.25) is 0 Å². The normalized spacial score (nSPS) is 29.6. The van der Waals surface area contributed by atoms with Gasteiger partial charge in [0.2, 0.25) is 0 Å². The van der Waals surface area contributed by atoms with Crippen molar-refractivity contribution in [3.05, 3.63) is 35.4 Å². The SMILES string of the molecule is CC(C)(C)c1ccc(CCC2NCC3CCCC32)cc1. The molecule has 1 nitrogen and oxygen atoms in total. The average Bonchev–Trinajstić information content (AvgIpc) is 2.99.